The van der Waals surface area contributed by atoms with E-state index in [-0.39, 0.29) is 6.61 Å². The van der Waals surface area contributed by atoms with Crippen LogP contribution in [0, 0.1) is 0 Å². The topological polar surface area (TPSA) is 39.6 Å². The number of aromatic nitrogens is 1. The number of piperazine rings is 1. The van der Waals surface area contributed by atoms with E-state index in [4.69, 9.17) is 0 Å². The first kappa shape index (κ1) is 13.3. The molecule has 0 unspecified atom stereocenters. The zero-order valence-electron chi connectivity index (χ0n) is 11.9. The molecule has 1 aromatic heterocycles. The van der Waals surface area contributed by atoms with E-state index in [2.05, 4.69) is 39.9 Å². The predicted molar refractivity (Wildman–Crippen MR) is 82.0 cm³/mol. The van der Waals surface area contributed by atoms with Gasteiger partial charge in [0, 0.05) is 43.1 Å². The van der Waals surface area contributed by atoms with Crippen LogP contribution in [0.3, 0.4) is 0 Å². The Labute approximate surface area is 119 Å². The third-order valence-electron chi connectivity index (χ3n) is 4.13. The van der Waals surface area contributed by atoms with Gasteiger partial charge in [-0.05, 0) is 6.54 Å². The number of likely N-dealkylation sites (N-methyl/N-ethyl adjacent to an activating group) is 1. The number of pyridine rings is 1. The molecule has 106 valence electrons. The monoisotopic (exact) mass is 271 g/mol. The molecule has 0 aliphatic carbocycles. The fourth-order valence-electron chi connectivity index (χ4n) is 2.95. The largest absolute Gasteiger partial charge is 0.390 e. The van der Waals surface area contributed by atoms with E-state index in [1.807, 2.05) is 12.3 Å². The predicted octanol–water partition coefficient (Wildman–Crippen LogP) is 1.87. The highest BCUT2D eigenvalue weighted by molar-refractivity contribution is 5.94. The third kappa shape index (κ3) is 2.37. The Morgan fingerprint density at radius 2 is 1.90 bits per heavy atom. The zero-order chi connectivity index (χ0) is 13.9. The number of rotatable bonds is 3. The molecular weight excluding hydrogens is 250 g/mol. The third-order valence-corrected chi connectivity index (χ3v) is 4.13. The van der Waals surface area contributed by atoms with Gasteiger partial charge in [-0.25, -0.2) is 0 Å². The molecule has 1 aliphatic heterocycles. The van der Waals surface area contributed by atoms with Gasteiger partial charge >= 0.3 is 0 Å². The van der Waals surface area contributed by atoms with Crippen LogP contribution in [0.4, 0.5) is 5.69 Å². The van der Waals surface area contributed by atoms with Crippen LogP contribution in [0.1, 0.15) is 12.6 Å². The normalized spacial score (nSPS) is 16.8. The van der Waals surface area contributed by atoms with Crippen molar-refractivity contribution in [2.24, 2.45) is 0 Å². The van der Waals surface area contributed by atoms with Crippen molar-refractivity contribution in [1.82, 2.24) is 9.88 Å². The second-order valence-corrected chi connectivity index (χ2v) is 5.22. The quantitative estimate of drug-likeness (QED) is 0.925. The highest BCUT2D eigenvalue weighted by atomic mass is 16.3. The Balaban J connectivity index is 2.01. The lowest BCUT2D eigenvalue weighted by Gasteiger charge is -2.36. The van der Waals surface area contributed by atoms with E-state index in [1.54, 1.807) is 0 Å². The van der Waals surface area contributed by atoms with E-state index < -0.39 is 0 Å². The first-order valence-electron chi connectivity index (χ1n) is 7.28. The van der Waals surface area contributed by atoms with Crippen molar-refractivity contribution in [3.8, 4) is 0 Å². The van der Waals surface area contributed by atoms with Crippen molar-refractivity contribution in [2.75, 3.05) is 37.6 Å². The van der Waals surface area contributed by atoms with Crippen LogP contribution in [-0.4, -0.2) is 47.7 Å². The minimum atomic E-state index is -0.00579. The second-order valence-electron chi connectivity index (χ2n) is 5.22. The van der Waals surface area contributed by atoms with E-state index in [9.17, 15) is 5.11 Å². The number of fused-ring (bicyclic) bond motifs is 1. The number of aliphatic hydroxyl groups is 1. The van der Waals surface area contributed by atoms with Crippen molar-refractivity contribution in [3.63, 3.8) is 0 Å². The molecule has 0 spiro atoms. The van der Waals surface area contributed by atoms with Crippen molar-refractivity contribution >= 4 is 16.5 Å². The van der Waals surface area contributed by atoms with Crippen LogP contribution in [0.25, 0.3) is 10.8 Å². The van der Waals surface area contributed by atoms with Gasteiger partial charge in [0.1, 0.15) is 0 Å². The van der Waals surface area contributed by atoms with Crippen LogP contribution in [0.5, 0.6) is 0 Å². The summed E-state index contributed by atoms with van der Waals surface area (Å²) in [6.45, 7) is 7.44. The zero-order valence-corrected chi connectivity index (χ0v) is 11.9. The average Bonchev–Trinajstić information content (AvgIpc) is 2.54. The van der Waals surface area contributed by atoms with Gasteiger partial charge in [0.25, 0.3) is 0 Å². The van der Waals surface area contributed by atoms with Gasteiger partial charge in [-0.3, -0.25) is 4.98 Å². The number of nitrogens with zero attached hydrogens (tertiary/aromatic N) is 3. The van der Waals surface area contributed by atoms with Crippen LogP contribution in [0.15, 0.2) is 30.5 Å². The molecule has 3 rings (SSSR count). The summed E-state index contributed by atoms with van der Waals surface area (Å²) in [5.41, 5.74) is 1.90. The molecule has 0 bridgehead atoms. The lowest BCUT2D eigenvalue weighted by molar-refractivity contribution is 0.266. The molecule has 0 radical (unpaired) electrons. The summed E-state index contributed by atoms with van der Waals surface area (Å²) < 4.78 is 0. The number of anilines is 1. The van der Waals surface area contributed by atoms with E-state index in [1.165, 1.54) is 5.39 Å². The van der Waals surface area contributed by atoms with Crippen LogP contribution in [0.2, 0.25) is 0 Å². The molecule has 1 aromatic carbocycles. The molecule has 1 saturated heterocycles. The van der Waals surface area contributed by atoms with Crippen molar-refractivity contribution < 1.29 is 5.11 Å². The molecule has 0 saturated carbocycles. The van der Waals surface area contributed by atoms with Crippen LogP contribution in [-0.2, 0) is 6.61 Å². The minimum absolute atomic E-state index is 0.00579. The maximum atomic E-state index is 9.61. The summed E-state index contributed by atoms with van der Waals surface area (Å²) in [7, 11) is 0. The number of hydrogen-bond donors (Lipinski definition) is 1. The molecule has 4 heteroatoms. The maximum Gasteiger partial charge on any atom is 0.0897 e. The lowest BCUT2D eigenvalue weighted by Crippen LogP contribution is -2.46. The van der Waals surface area contributed by atoms with Crippen LogP contribution < -0.4 is 4.90 Å². The SMILES string of the molecule is CCN1CCN(c2c(CO)ncc3ccccc23)CC1. The maximum absolute atomic E-state index is 9.61. The first-order chi connectivity index (χ1) is 9.83. The van der Waals surface area contributed by atoms with Gasteiger partial charge in [0.05, 0.1) is 18.0 Å². The Morgan fingerprint density at radius 3 is 2.60 bits per heavy atom. The van der Waals surface area contributed by atoms with E-state index >= 15 is 0 Å². The number of benzene rings is 1. The molecule has 20 heavy (non-hydrogen) atoms. The second kappa shape index (κ2) is 5.77. The van der Waals surface area contributed by atoms with Crippen molar-refractivity contribution in [3.05, 3.63) is 36.2 Å². The molecule has 0 atom stereocenters. The number of aliphatic hydroxyl groups excluding tert-OH is 1. The van der Waals surface area contributed by atoms with Gasteiger partial charge in [-0.2, -0.15) is 0 Å². The van der Waals surface area contributed by atoms with E-state index in [0.29, 0.717) is 0 Å². The lowest BCUT2D eigenvalue weighted by atomic mass is 10.1. The van der Waals surface area contributed by atoms with Gasteiger partial charge in [0.2, 0.25) is 0 Å². The molecule has 2 heterocycles. The summed E-state index contributed by atoms with van der Waals surface area (Å²) in [6.07, 6.45) is 1.85. The summed E-state index contributed by atoms with van der Waals surface area (Å²) in [4.78, 5) is 9.25. The molecule has 4 nitrogen and oxygen atoms in total. The number of hydrogen-bond acceptors (Lipinski definition) is 4. The molecule has 1 N–H and O–H groups in total. The Morgan fingerprint density at radius 1 is 1.15 bits per heavy atom. The molecule has 1 fully saturated rings. The van der Waals surface area contributed by atoms with Gasteiger partial charge < -0.3 is 14.9 Å². The Bertz CT molecular complexity index is 591. The highest BCUT2D eigenvalue weighted by Gasteiger charge is 2.20. The van der Waals surface area contributed by atoms with E-state index in [0.717, 1.165) is 49.5 Å². The molecule has 2 aromatic rings. The van der Waals surface area contributed by atoms with Gasteiger partial charge in [0.15, 0.2) is 0 Å². The summed E-state index contributed by atoms with van der Waals surface area (Å²) in [5.74, 6) is 0. The van der Waals surface area contributed by atoms with Crippen molar-refractivity contribution in [2.45, 2.75) is 13.5 Å². The molecular formula is C16H21N3O. The van der Waals surface area contributed by atoms with Crippen molar-refractivity contribution in [1.29, 1.82) is 0 Å². The standard InChI is InChI=1S/C16H21N3O/c1-2-18-7-9-19(10-8-18)16-14-6-4-3-5-13(14)11-17-15(16)12-20/h3-6,11,20H,2,7-10,12H2,1H3. The Kier molecular flexibility index (Phi) is 3.85. The molecule has 1 aliphatic rings. The smallest absolute Gasteiger partial charge is 0.0897 e. The van der Waals surface area contributed by atoms with Gasteiger partial charge in [-0.1, -0.05) is 31.2 Å². The highest BCUT2D eigenvalue weighted by Crippen LogP contribution is 2.30. The molecule has 0 amide bonds. The first-order valence-corrected chi connectivity index (χ1v) is 7.28. The van der Waals surface area contributed by atoms with Crippen LogP contribution >= 0.6 is 0 Å². The fourth-order valence-corrected chi connectivity index (χ4v) is 2.95. The fraction of sp³-hybridized carbons (Fsp3) is 0.438. The average molecular weight is 271 g/mol. The summed E-state index contributed by atoms with van der Waals surface area (Å²) in [5, 5.41) is 11.9. The van der Waals surface area contributed by atoms with Gasteiger partial charge in [-0.15, -0.1) is 0 Å². The minimum Gasteiger partial charge on any atom is -0.390 e. The summed E-state index contributed by atoms with van der Waals surface area (Å²) >= 11 is 0. The Hall–Kier alpha value is -1.65. The summed E-state index contributed by atoms with van der Waals surface area (Å²) in [6, 6.07) is 8.28.